The van der Waals surface area contributed by atoms with Crippen molar-refractivity contribution in [1.29, 1.82) is 0 Å². The Morgan fingerprint density at radius 3 is 2.61 bits per heavy atom. The number of hydrogen-bond acceptors (Lipinski definition) is 3. The lowest BCUT2D eigenvalue weighted by molar-refractivity contribution is -0.142. The molecule has 0 radical (unpaired) electrons. The third kappa shape index (κ3) is 3.61. The van der Waals surface area contributed by atoms with Crippen LogP contribution in [0.3, 0.4) is 0 Å². The molecule has 1 rings (SSSR count). The van der Waals surface area contributed by atoms with Crippen molar-refractivity contribution in [3.63, 3.8) is 0 Å². The number of hydrogen-bond donors (Lipinski definition) is 1. The second-order valence-corrected chi connectivity index (χ2v) is 4.05. The molecule has 0 saturated carbocycles. The summed E-state index contributed by atoms with van der Waals surface area (Å²) in [5.74, 6) is -0.675. The van der Waals surface area contributed by atoms with Crippen molar-refractivity contribution in [1.82, 2.24) is 0 Å². The van der Waals surface area contributed by atoms with E-state index in [1.54, 1.807) is 0 Å². The predicted octanol–water partition coefficient (Wildman–Crippen LogP) is 2.92. The Hall–Kier alpha value is -1.27. The topological polar surface area (TPSA) is 52.3 Å². The van der Waals surface area contributed by atoms with Crippen LogP contribution in [0.25, 0.3) is 0 Å². The smallest absolute Gasteiger partial charge is 0.416 e. The lowest BCUT2D eigenvalue weighted by atomic mass is 9.98. The Balaban J connectivity index is 3.12. The Morgan fingerprint density at radius 2 is 2.11 bits per heavy atom. The first-order chi connectivity index (χ1) is 8.25. The molecule has 18 heavy (non-hydrogen) atoms. The van der Waals surface area contributed by atoms with Crippen LogP contribution in [-0.4, -0.2) is 13.1 Å². The van der Waals surface area contributed by atoms with Crippen LogP contribution >= 0.6 is 11.6 Å². The minimum atomic E-state index is -4.58. The van der Waals surface area contributed by atoms with Gasteiger partial charge in [0.15, 0.2) is 0 Å². The average molecular weight is 282 g/mol. The first-order valence-electron chi connectivity index (χ1n) is 4.94. The first-order valence-corrected chi connectivity index (χ1v) is 5.32. The first kappa shape index (κ1) is 14.8. The number of alkyl halides is 3. The molecule has 0 aliphatic carbocycles. The number of ether oxygens (including phenoxy) is 1. The summed E-state index contributed by atoms with van der Waals surface area (Å²) >= 11 is 5.53. The van der Waals surface area contributed by atoms with Gasteiger partial charge in [-0.2, -0.15) is 13.2 Å². The summed E-state index contributed by atoms with van der Waals surface area (Å²) in [6.07, 6.45) is -4.91. The molecule has 0 fully saturated rings. The maximum atomic E-state index is 12.8. The van der Waals surface area contributed by atoms with E-state index < -0.39 is 23.8 Å². The largest absolute Gasteiger partial charge is 0.469 e. The van der Waals surface area contributed by atoms with E-state index in [1.807, 2.05) is 0 Å². The molecule has 0 aliphatic rings. The van der Waals surface area contributed by atoms with E-state index in [2.05, 4.69) is 4.74 Å². The minimum Gasteiger partial charge on any atom is -0.469 e. The number of methoxy groups -OCH3 is 1. The maximum Gasteiger partial charge on any atom is 0.416 e. The van der Waals surface area contributed by atoms with Gasteiger partial charge in [-0.25, -0.2) is 0 Å². The monoisotopic (exact) mass is 281 g/mol. The molecule has 0 aromatic heterocycles. The molecular formula is C11H11ClF3NO2. The highest BCUT2D eigenvalue weighted by Gasteiger charge is 2.35. The Kier molecular flexibility index (Phi) is 4.59. The highest BCUT2D eigenvalue weighted by molar-refractivity contribution is 6.30. The van der Waals surface area contributed by atoms with E-state index in [9.17, 15) is 18.0 Å². The van der Waals surface area contributed by atoms with E-state index in [4.69, 9.17) is 17.3 Å². The van der Waals surface area contributed by atoms with Crippen LogP contribution in [0.1, 0.15) is 23.6 Å². The van der Waals surface area contributed by atoms with Crippen molar-refractivity contribution in [2.24, 2.45) is 5.73 Å². The van der Waals surface area contributed by atoms with Gasteiger partial charge in [-0.1, -0.05) is 17.7 Å². The van der Waals surface area contributed by atoms with Crippen molar-refractivity contribution < 1.29 is 22.7 Å². The number of halogens is 4. The zero-order valence-corrected chi connectivity index (χ0v) is 10.2. The minimum absolute atomic E-state index is 0.0451. The molecule has 2 N–H and O–H groups in total. The molecule has 7 heteroatoms. The summed E-state index contributed by atoms with van der Waals surface area (Å²) in [6, 6.07) is 2.15. The van der Waals surface area contributed by atoms with Crippen LogP contribution < -0.4 is 5.73 Å². The van der Waals surface area contributed by atoms with E-state index in [1.165, 1.54) is 12.1 Å². The summed E-state index contributed by atoms with van der Waals surface area (Å²) in [7, 11) is 1.14. The Bertz CT molecular complexity index is 448. The number of carbonyl (C=O) groups excluding carboxylic acids is 1. The van der Waals surface area contributed by atoms with Crippen molar-refractivity contribution >= 4 is 17.6 Å². The molecule has 100 valence electrons. The van der Waals surface area contributed by atoms with Crippen LogP contribution in [0.2, 0.25) is 5.02 Å². The van der Waals surface area contributed by atoms with Crippen molar-refractivity contribution in [2.75, 3.05) is 7.11 Å². The summed E-state index contributed by atoms with van der Waals surface area (Å²) < 4.78 is 42.7. The highest BCUT2D eigenvalue weighted by Crippen LogP contribution is 2.36. The SMILES string of the molecule is COC(=O)C[C@@H](N)c1ccc(Cl)cc1C(F)(F)F. The Morgan fingerprint density at radius 1 is 1.50 bits per heavy atom. The van der Waals surface area contributed by atoms with Gasteiger partial charge in [-0.3, -0.25) is 4.79 Å². The highest BCUT2D eigenvalue weighted by atomic mass is 35.5. The number of carbonyl (C=O) groups is 1. The van der Waals surface area contributed by atoms with Crippen LogP contribution in [0.4, 0.5) is 13.2 Å². The summed E-state index contributed by atoms with van der Waals surface area (Å²) in [5, 5.41) is -0.0451. The molecule has 0 amide bonds. The van der Waals surface area contributed by atoms with Crippen LogP contribution in [0.5, 0.6) is 0 Å². The fourth-order valence-corrected chi connectivity index (χ4v) is 1.64. The molecule has 3 nitrogen and oxygen atoms in total. The third-order valence-corrected chi connectivity index (χ3v) is 2.57. The number of nitrogens with two attached hydrogens (primary N) is 1. The van der Waals surface area contributed by atoms with Gasteiger partial charge >= 0.3 is 12.1 Å². The molecule has 1 aromatic rings. The summed E-state index contributed by atoms with van der Waals surface area (Å²) in [4.78, 5) is 11.0. The molecule has 0 unspecified atom stereocenters. The molecule has 0 heterocycles. The summed E-state index contributed by atoms with van der Waals surface area (Å²) in [6.45, 7) is 0. The van der Waals surface area contributed by atoms with Crippen molar-refractivity contribution in [3.8, 4) is 0 Å². The van der Waals surface area contributed by atoms with Crippen molar-refractivity contribution in [3.05, 3.63) is 34.3 Å². The molecule has 0 aliphatic heterocycles. The molecule has 1 atom stereocenters. The molecule has 1 aromatic carbocycles. The van der Waals surface area contributed by atoms with Gasteiger partial charge < -0.3 is 10.5 Å². The normalized spacial score (nSPS) is 13.2. The van der Waals surface area contributed by atoms with Gasteiger partial charge in [0.1, 0.15) is 0 Å². The fraction of sp³-hybridized carbons (Fsp3) is 0.364. The fourth-order valence-electron chi connectivity index (χ4n) is 1.47. The van der Waals surface area contributed by atoms with E-state index in [-0.39, 0.29) is 17.0 Å². The standard InChI is InChI=1S/C11H11ClF3NO2/c1-18-10(17)5-9(16)7-3-2-6(12)4-8(7)11(13,14)15/h2-4,9H,5,16H2,1H3/t9-/m1/s1. The van der Waals surface area contributed by atoms with E-state index >= 15 is 0 Å². The van der Waals surface area contributed by atoms with Gasteiger partial charge in [0.2, 0.25) is 0 Å². The van der Waals surface area contributed by atoms with Crippen molar-refractivity contribution in [2.45, 2.75) is 18.6 Å². The molecule has 0 saturated heterocycles. The van der Waals surface area contributed by atoms with Gasteiger partial charge in [0.25, 0.3) is 0 Å². The lowest BCUT2D eigenvalue weighted by Gasteiger charge is -2.17. The third-order valence-electron chi connectivity index (χ3n) is 2.33. The van der Waals surface area contributed by atoms with Gasteiger partial charge in [0, 0.05) is 11.1 Å². The van der Waals surface area contributed by atoms with E-state index in [0.29, 0.717) is 0 Å². The van der Waals surface area contributed by atoms with E-state index in [0.717, 1.165) is 13.2 Å². The molecule has 0 spiro atoms. The Labute approximate surface area is 107 Å². The average Bonchev–Trinajstić information content (AvgIpc) is 2.27. The van der Waals surface area contributed by atoms with Crippen LogP contribution in [0, 0.1) is 0 Å². The van der Waals surface area contributed by atoms with Crippen LogP contribution in [-0.2, 0) is 15.7 Å². The zero-order chi connectivity index (χ0) is 13.9. The second-order valence-electron chi connectivity index (χ2n) is 3.62. The maximum absolute atomic E-state index is 12.8. The number of rotatable bonds is 3. The van der Waals surface area contributed by atoms with Gasteiger partial charge in [-0.05, 0) is 17.7 Å². The number of esters is 1. The lowest BCUT2D eigenvalue weighted by Crippen LogP contribution is -2.20. The molecule has 0 bridgehead atoms. The second kappa shape index (κ2) is 5.58. The summed E-state index contributed by atoms with van der Waals surface area (Å²) in [5.41, 5.74) is 4.45. The molecular weight excluding hydrogens is 271 g/mol. The number of benzene rings is 1. The predicted molar refractivity (Wildman–Crippen MR) is 60.0 cm³/mol. The zero-order valence-electron chi connectivity index (χ0n) is 9.42. The van der Waals surface area contributed by atoms with Gasteiger partial charge in [-0.15, -0.1) is 0 Å². The van der Waals surface area contributed by atoms with Gasteiger partial charge in [0.05, 0.1) is 19.1 Å². The quantitative estimate of drug-likeness (QED) is 0.867. The van der Waals surface area contributed by atoms with Crippen LogP contribution in [0.15, 0.2) is 18.2 Å².